The van der Waals surface area contributed by atoms with Gasteiger partial charge in [0.25, 0.3) is 0 Å². The second-order valence-corrected chi connectivity index (χ2v) is 5.28. The van der Waals surface area contributed by atoms with Gasteiger partial charge < -0.3 is 10.1 Å². The van der Waals surface area contributed by atoms with E-state index in [2.05, 4.69) is 23.5 Å². The molecule has 0 saturated carbocycles. The number of ether oxygens (including phenoxy) is 1. The number of hydrogen-bond donors (Lipinski definition) is 1. The number of rotatable bonds is 6. The quantitative estimate of drug-likeness (QED) is 0.868. The zero-order valence-electron chi connectivity index (χ0n) is 11.6. The molecule has 1 atom stereocenters. The smallest absolute Gasteiger partial charge is 0.370 e. The first-order valence-corrected chi connectivity index (χ1v) is 6.90. The normalized spacial score (nSPS) is 16.2. The first-order chi connectivity index (χ1) is 9.48. The summed E-state index contributed by atoms with van der Waals surface area (Å²) in [4.78, 5) is 0. The van der Waals surface area contributed by atoms with Crippen LogP contribution in [0.4, 0.5) is 13.2 Å². The van der Waals surface area contributed by atoms with Crippen molar-refractivity contribution in [1.29, 1.82) is 0 Å². The molecule has 1 aromatic rings. The lowest BCUT2D eigenvalue weighted by atomic mass is 10.0. The van der Waals surface area contributed by atoms with Crippen LogP contribution in [0.2, 0.25) is 0 Å². The van der Waals surface area contributed by atoms with Crippen LogP contribution in [0.1, 0.15) is 23.1 Å². The molecule has 2 rings (SSSR count). The highest BCUT2D eigenvalue weighted by molar-refractivity contribution is 5.35. The molecule has 0 aromatic heterocycles. The SMILES string of the molecule is CNC(COCC(F)(F)F)Cc1ccc2c(c1)CCC2. The summed E-state index contributed by atoms with van der Waals surface area (Å²) in [6.07, 6.45) is -0.131. The van der Waals surface area contributed by atoms with E-state index in [1.165, 1.54) is 17.5 Å². The maximum Gasteiger partial charge on any atom is 0.411 e. The van der Waals surface area contributed by atoms with Crippen molar-refractivity contribution < 1.29 is 17.9 Å². The third-order valence-electron chi connectivity index (χ3n) is 3.64. The Morgan fingerprint density at radius 2 is 2.00 bits per heavy atom. The summed E-state index contributed by atoms with van der Waals surface area (Å²) in [7, 11) is 1.75. The third-order valence-corrected chi connectivity index (χ3v) is 3.64. The number of benzene rings is 1. The monoisotopic (exact) mass is 287 g/mol. The van der Waals surface area contributed by atoms with Crippen LogP contribution >= 0.6 is 0 Å². The molecule has 0 spiro atoms. The Kier molecular flexibility index (Phi) is 5.05. The van der Waals surface area contributed by atoms with Crippen LogP contribution in [-0.4, -0.2) is 32.5 Å². The van der Waals surface area contributed by atoms with Crippen molar-refractivity contribution in [2.45, 2.75) is 37.9 Å². The molecule has 0 fully saturated rings. The Hall–Kier alpha value is -1.07. The van der Waals surface area contributed by atoms with Crippen LogP contribution in [0.25, 0.3) is 0 Å². The van der Waals surface area contributed by atoms with Gasteiger partial charge in [-0.1, -0.05) is 18.2 Å². The van der Waals surface area contributed by atoms with Gasteiger partial charge in [-0.3, -0.25) is 0 Å². The maximum atomic E-state index is 12.0. The molecule has 0 aliphatic heterocycles. The van der Waals surface area contributed by atoms with Crippen LogP contribution in [-0.2, 0) is 24.0 Å². The Labute approximate surface area is 117 Å². The minimum absolute atomic E-state index is 0.0626. The van der Waals surface area contributed by atoms with Crippen molar-refractivity contribution in [2.75, 3.05) is 20.3 Å². The molecule has 1 N–H and O–H groups in total. The molecule has 20 heavy (non-hydrogen) atoms. The van der Waals surface area contributed by atoms with Crippen molar-refractivity contribution >= 4 is 0 Å². The zero-order valence-corrected chi connectivity index (χ0v) is 11.6. The maximum absolute atomic E-state index is 12.0. The van der Waals surface area contributed by atoms with Crippen molar-refractivity contribution in [2.24, 2.45) is 0 Å². The Morgan fingerprint density at radius 3 is 2.70 bits per heavy atom. The highest BCUT2D eigenvalue weighted by Gasteiger charge is 2.27. The highest BCUT2D eigenvalue weighted by atomic mass is 19.4. The van der Waals surface area contributed by atoms with Crippen LogP contribution < -0.4 is 5.32 Å². The van der Waals surface area contributed by atoms with Gasteiger partial charge in [0.05, 0.1) is 6.61 Å². The summed E-state index contributed by atoms with van der Waals surface area (Å²) in [6, 6.07) is 6.28. The first kappa shape index (κ1) is 15.3. The molecule has 2 nitrogen and oxygen atoms in total. The fourth-order valence-corrected chi connectivity index (χ4v) is 2.60. The minimum Gasteiger partial charge on any atom is -0.370 e. The van der Waals surface area contributed by atoms with Crippen molar-refractivity contribution in [1.82, 2.24) is 5.32 Å². The van der Waals surface area contributed by atoms with E-state index in [9.17, 15) is 13.2 Å². The summed E-state index contributed by atoms with van der Waals surface area (Å²) in [5.41, 5.74) is 3.94. The number of hydrogen-bond acceptors (Lipinski definition) is 2. The molecular formula is C15H20F3NO. The second kappa shape index (κ2) is 6.59. The van der Waals surface area contributed by atoms with E-state index in [-0.39, 0.29) is 12.6 Å². The van der Waals surface area contributed by atoms with Gasteiger partial charge in [-0.05, 0) is 49.4 Å². The largest absolute Gasteiger partial charge is 0.411 e. The van der Waals surface area contributed by atoms with Gasteiger partial charge >= 0.3 is 6.18 Å². The number of aryl methyl sites for hydroxylation is 2. The van der Waals surface area contributed by atoms with Crippen molar-refractivity contribution in [3.8, 4) is 0 Å². The zero-order chi connectivity index (χ0) is 14.6. The molecule has 0 amide bonds. The van der Waals surface area contributed by atoms with E-state index in [1.807, 2.05) is 0 Å². The van der Waals surface area contributed by atoms with Gasteiger partial charge in [0.2, 0.25) is 0 Å². The molecule has 0 saturated heterocycles. The Bertz CT molecular complexity index is 445. The number of halogens is 3. The number of alkyl halides is 3. The topological polar surface area (TPSA) is 21.3 Å². The summed E-state index contributed by atoms with van der Waals surface area (Å²) >= 11 is 0. The van der Waals surface area contributed by atoms with E-state index in [4.69, 9.17) is 4.74 Å². The van der Waals surface area contributed by atoms with E-state index in [1.54, 1.807) is 7.05 Å². The first-order valence-electron chi connectivity index (χ1n) is 6.90. The lowest BCUT2D eigenvalue weighted by Gasteiger charge is -2.17. The summed E-state index contributed by atoms with van der Waals surface area (Å²) < 4.78 is 40.9. The predicted octanol–water partition coefficient (Wildman–Crippen LogP) is 2.88. The van der Waals surface area contributed by atoms with Crippen LogP contribution in [0.5, 0.6) is 0 Å². The summed E-state index contributed by atoms with van der Waals surface area (Å²) in [6.45, 7) is -1.12. The van der Waals surface area contributed by atoms with Crippen LogP contribution in [0.3, 0.4) is 0 Å². The standard InChI is InChI=1S/C15H20F3NO/c1-19-14(9-20-10-15(16,17)18)8-11-5-6-12-3-2-4-13(12)7-11/h5-7,14,19H,2-4,8-10H2,1H3. The average molecular weight is 287 g/mol. The van der Waals surface area contributed by atoms with E-state index >= 15 is 0 Å². The van der Waals surface area contributed by atoms with Gasteiger partial charge in [-0.15, -0.1) is 0 Å². The van der Waals surface area contributed by atoms with Crippen molar-refractivity contribution in [3.63, 3.8) is 0 Å². The number of fused-ring (bicyclic) bond motifs is 1. The van der Waals surface area contributed by atoms with Gasteiger partial charge in [0.15, 0.2) is 0 Å². The average Bonchev–Trinajstić information content (AvgIpc) is 2.83. The molecule has 1 aliphatic carbocycles. The lowest BCUT2D eigenvalue weighted by Crippen LogP contribution is -2.34. The van der Waals surface area contributed by atoms with Gasteiger partial charge in [-0.2, -0.15) is 13.2 Å². The Morgan fingerprint density at radius 1 is 1.25 bits per heavy atom. The fourth-order valence-electron chi connectivity index (χ4n) is 2.60. The molecule has 1 aromatic carbocycles. The van der Waals surface area contributed by atoms with Gasteiger partial charge in [0.1, 0.15) is 6.61 Å². The Balaban J connectivity index is 1.86. The van der Waals surface area contributed by atoms with E-state index < -0.39 is 12.8 Å². The summed E-state index contributed by atoms with van der Waals surface area (Å²) in [5.74, 6) is 0. The van der Waals surface area contributed by atoms with Gasteiger partial charge in [0, 0.05) is 6.04 Å². The highest BCUT2D eigenvalue weighted by Crippen LogP contribution is 2.23. The molecule has 0 bridgehead atoms. The molecule has 1 unspecified atom stereocenters. The predicted molar refractivity (Wildman–Crippen MR) is 71.9 cm³/mol. The van der Waals surface area contributed by atoms with E-state index in [0.29, 0.717) is 6.42 Å². The van der Waals surface area contributed by atoms with Gasteiger partial charge in [-0.25, -0.2) is 0 Å². The fraction of sp³-hybridized carbons (Fsp3) is 0.600. The molecule has 1 aliphatic rings. The third kappa shape index (κ3) is 4.49. The molecule has 112 valence electrons. The summed E-state index contributed by atoms with van der Waals surface area (Å²) in [5, 5.41) is 3.01. The molecule has 0 heterocycles. The van der Waals surface area contributed by atoms with E-state index in [0.717, 1.165) is 18.4 Å². The van der Waals surface area contributed by atoms with Crippen molar-refractivity contribution in [3.05, 3.63) is 34.9 Å². The minimum atomic E-state index is -4.26. The second-order valence-electron chi connectivity index (χ2n) is 5.28. The van der Waals surface area contributed by atoms with Crippen LogP contribution in [0.15, 0.2) is 18.2 Å². The van der Waals surface area contributed by atoms with Crippen LogP contribution in [0, 0.1) is 0 Å². The number of likely N-dealkylation sites (N-methyl/N-ethyl adjacent to an activating group) is 1. The molecule has 5 heteroatoms. The number of nitrogens with one attached hydrogen (secondary N) is 1. The molecule has 0 radical (unpaired) electrons. The molecular weight excluding hydrogens is 267 g/mol. The lowest BCUT2D eigenvalue weighted by molar-refractivity contribution is -0.175.